The van der Waals surface area contributed by atoms with Gasteiger partial charge < -0.3 is 145 Å². The lowest BCUT2D eigenvalue weighted by Gasteiger charge is -2.49. The first-order valence-corrected chi connectivity index (χ1v) is 24.0. The standard InChI is InChI=1S/C21H39N7O12.C21H41N5O7/c1-5-21(36,4-30)16(40-17-9(26-2)13(34)10(31)6(3-29)38-17)18(37-5)39-15-8(28-20(24)25)11(32)7(27-19(22)23)12(33)14(15)35;1-4-26-13-7-12(24)16(32-19-11(23)6-5-10(8-22)31-19)14(27)17(13)33-20-15(28)18(25-3)21(2,29)9-30-20/h4-18,26,29,31-36H,3H2,1-2H3,(H4,22,23,27)(H4,24,25,28);5,11-20,25-29H,4,6-9,22-24H2,1-3H3/t5-,6-,7+,8-,9-,10-,11+,12-,13-,14+,15+,16-,17-,18-,21+;11?,12-,13+,14-,15+,16+,17-,18+,19?,20+,21-/m00/s1. The third-order valence-electron chi connectivity index (χ3n) is 14.0. The van der Waals surface area contributed by atoms with E-state index < -0.39 is 170 Å². The van der Waals surface area contributed by atoms with E-state index in [0.717, 1.165) is 0 Å². The lowest BCUT2D eigenvalue weighted by Crippen LogP contribution is -2.70. The maximum atomic E-state index is 12.1. The van der Waals surface area contributed by atoms with Crippen molar-refractivity contribution in [2.75, 3.05) is 40.4 Å². The molecule has 4 aliphatic heterocycles. The Morgan fingerprint density at radius 3 is 2.07 bits per heavy atom. The van der Waals surface area contributed by atoms with Crippen molar-refractivity contribution in [3.05, 3.63) is 11.8 Å². The number of aliphatic hydroxyl groups excluding tert-OH is 8. The molecule has 0 aromatic carbocycles. The summed E-state index contributed by atoms with van der Waals surface area (Å²) in [6.45, 7) is 4.92. The van der Waals surface area contributed by atoms with Crippen LogP contribution < -0.4 is 55.7 Å². The predicted octanol–water partition coefficient (Wildman–Crippen LogP) is -11.2. The lowest BCUT2D eigenvalue weighted by molar-refractivity contribution is -0.314. The van der Waals surface area contributed by atoms with Crippen LogP contribution >= 0.6 is 0 Å². The number of hydrogen-bond acceptors (Lipinski definition) is 27. The molecule has 0 bridgehead atoms. The Bertz CT molecular complexity index is 1850. The fourth-order valence-electron chi connectivity index (χ4n) is 9.99. The number of carbonyl (C=O) groups excluding carboxylic acids is 1. The molecule has 2 saturated carbocycles. The van der Waals surface area contributed by atoms with E-state index in [1.54, 1.807) is 14.0 Å². The number of aldehydes is 1. The zero-order chi connectivity index (χ0) is 54.4. The second-order valence-electron chi connectivity index (χ2n) is 19.2. The maximum Gasteiger partial charge on any atom is 0.215 e. The highest BCUT2D eigenvalue weighted by Crippen LogP contribution is 2.39. The quantitative estimate of drug-likeness (QED) is 0.0365. The Balaban J connectivity index is 0.000000276. The van der Waals surface area contributed by atoms with E-state index in [2.05, 4.69) is 26.3 Å². The first kappa shape index (κ1) is 60.7. The average Bonchev–Trinajstić information content (AvgIpc) is 3.57. The van der Waals surface area contributed by atoms with Gasteiger partial charge in [-0.3, -0.25) is 10.2 Å². The van der Waals surface area contributed by atoms with Gasteiger partial charge in [-0.25, -0.2) is 4.99 Å². The van der Waals surface area contributed by atoms with E-state index in [1.807, 2.05) is 13.0 Å². The van der Waals surface area contributed by atoms with E-state index in [9.17, 15) is 55.9 Å². The maximum absolute atomic E-state index is 12.1. The highest BCUT2D eigenvalue weighted by molar-refractivity contribution is 5.76. The van der Waals surface area contributed by atoms with Crippen molar-refractivity contribution in [3.8, 4) is 0 Å². The van der Waals surface area contributed by atoms with Crippen LogP contribution in [0.3, 0.4) is 0 Å². The summed E-state index contributed by atoms with van der Waals surface area (Å²) < 4.78 is 46.5. The Kier molecular flexibility index (Phi) is 21.4. The van der Waals surface area contributed by atoms with Gasteiger partial charge in [0.05, 0.1) is 50.0 Å². The summed E-state index contributed by atoms with van der Waals surface area (Å²) >= 11 is 0. The van der Waals surface area contributed by atoms with E-state index in [-0.39, 0.29) is 25.5 Å². The topological polar surface area (TPSA) is 534 Å². The SMILES string of the molecule is CCN[C@@H]1C[C@H](N)[C@@H](OC2OC(CN)=CCC2N)[C@H](O)[C@H]1O[C@H]1OC[C@](C)(O)[C@H](NC)[C@H]1O.CN[C@@H]1[C@H](O[C@H]2[C@H](O[C@H]3[C@H](O)[C@@H](O)[C@H](N=C(N)N)[C@@H](O)[C@@H]3NC(=N)N)O[C@@H](C)[C@]2(O)C=O)O[C@@H](CO)[C@H](O)[C@H]1O. The van der Waals surface area contributed by atoms with Crippen LogP contribution in [0.5, 0.6) is 0 Å². The number of guanidine groups is 2. The molecule has 422 valence electrons. The smallest absolute Gasteiger partial charge is 0.215 e. The van der Waals surface area contributed by atoms with Crippen LogP contribution in [-0.2, 0) is 42.7 Å². The second kappa shape index (κ2) is 25.8. The number of rotatable bonds is 17. The van der Waals surface area contributed by atoms with Gasteiger partial charge >= 0.3 is 0 Å². The zero-order valence-corrected chi connectivity index (χ0v) is 41.3. The van der Waals surface area contributed by atoms with Crippen LogP contribution in [0, 0.1) is 5.41 Å². The largest absolute Gasteiger partial charge is 0.467 e. The number of aliphatic imine (C=N–C) groups is 1. The summed E-state index contributed by atoms with van der Waals surface area (Å²) in [5.74, 6) is -0.589. The minimum atomic E-state index is -2.39. The number of ether oxygens (including phenoxy) is 8. The molecule has 73 heavy (non-hydrogen) atoms. The van der Waals surface area contributed by atoms with Crippen molar-refractivity contribution in [2.24, 2.45) is 39.4 Å². The van der Waals surface area contributed by atoms with Crippen LogP contribution in [-0.4, -0.2) is 268 Å². The molecule has 0 spiro atoms. The minimum absolute atomic E-state index is 0.0483. The van der Waals surface area contributed by atoms with Gasteiger partial charge in [0.1, 0.15) is 90.6 Å². The number of nitrogens with one attached hydrogen (secondary N) is 5. The van der Waals surface area contributed by atoms with Gasteiger partial charge in [-0.05, 0) is 53.4 Å². The molecule has 0 amide bonds. The fraction of sp³-hybridized carbons (Fsp3) is 0.881. The number of carbonyl (C=O) groups is 1. The fourth-order valence-corrected chi connectivity index (χ4v) is 9.99. The molecule has 0 aromatic rings. The van der Waals surface area contributed by atoms with E-state index in [0.29, 0.717) is 25.1 Å². The molecule has 3 saturated heterocycles. The normalized spacial score (nSPS) is 47.0. The molecule has 4 heterocycles. The molecule has 2 unspecified atom stereocenters. The van der Waals surface area contributed by atoms with Crippen molar-refractivity contribution >= 4 is 18.2 Å². The molecule has 6 aliphatic rings. The molecule has 5 fully saturated rings. The van der Waals surface area contributed by atoms with Crippen LogP contribution in [0.25, 0.3) is 0 Å². The summed E-state index contributed by atoms with van der Waals surface area (Å²) in [6, 6.07) is -5.97. The van der Waals surface area contributed by atoms with Crippen molar-refractivity contribution in [2.45, 2.75) is 192 Å². The monoisotopic (exact) mass is 1060 g/mol. The predicted molar refractivity (Wildman–Crippen MR) is 252 cm³/mol. The van der Waals surface area contributed by atoms with Crippen molar-refractivity contribution < 1.29 is 93.8 Å². The first-order chi connectivity index (χ1) is 34.3. The van der Waals surface area contributed by atoms with Gasteiger partial charge in [0.2, 0.25) is 6.29 Å². The van der Waals surface area contributed by atoms with Gasteiger partial charge in [-0.1, -0.05) is 6.92 Å². The number of hydrogen-bond donors (Lipinski definition) is 21. The zero-order valence-electron chi connectivity index (χ0n) is 41.3. The number of likely N-dealkylation sites (N-methyl/N-ethyl adjacent to an activating group) is 3. The van der Waals surface area contributed by atoms with E-state index in [4.69, 9.17) is 77.7 Å². The Hall–Kier alpha value is -3.17. The Labute approximate surface area is 421 Å². The van der Waals surface area contributed by atoms with Gasteiger partial charge in [0.15, 0.2) is 42.7 Å². The summed E-state index contributed by atoms with van der Waals surface area (Å²) in [5, 5.41) is 125. The number of nitrogens with zero attached hydrogens (tertiary/aromatic N) is 1. The third-order valence-corrected chi connectivity index (χ3v) is 14.0. The summed E-state index contributed by atoms with van der Waals surface area (Å²) in [7, 11) is 3.06. The van der Waals surface area contributed by atoms with E-state index >= 15 is 0 Å². The third kappa shape index (κ3) is 13.3. The van der Waals surface area contributed by atoms with Gasteiger partial charge in [-0.2, -0.15) is 0 Å². The molecule has 27 N–H and O–H groups in total. The Morgan fingerprint density at radius 2 is 1.49 bits per heavy atom. The lowest BCUT2D eigenvalue weighted by atomic mass is 9.81. The molecule has 0 aromatic heterocycles. The molecule has 6 rings (SSSR count). The average molecular weight is 1060 g/mol. The molecular formula is C42H80N12O19. The van der Waals surface area contributed by atoms with Crippen molar-refractivity contribution in [1.82, 2.24) is 21.3 Å². The molecule has 0 radical (unpaired) electrons. The highest BCUT2D eigenvalue weighted by Gasteiger charge is 2.61. The molecule has 31 heteroatoms. The minimum Gasteiger partial charge on any atom is -0.467 e. The molecule has 26 atom stereocenters. The summed E-state index contributed by atoms with van der Waals surface area (Å²) in [4.78, 5) is 15.8. The molecular weight excluding hydrogens is 977 g/mol. The van der Waals surface area contributed by atoms with Gasteiger partial charge in [0.25, 0.3) is 0 Å². The van der Waals surface area contributed by atoms with Crippen LogP contribution in [0.15, 0.2) is 16.8 Å². The number of nitrogens with two attached hydrogens (primary N) is 6. The number of aliphatic hydroxyl groups is 10. The second-order valence-corrected chi connectivity index (χ2v) is 19.2. The van der Waals surface area contributed by atoms with Crippen LogP contribution in [0.2, 0.25) is 0 Å². The summed E-state index contributed by atoms with van der Waals surface area (Å²) in [6.07, 6.45) is -20.4. The van der Waals surface area contributed by atoms with Gasteiger partial charge in [-0.15, -0.1) is 0 Å². The molecule has 2 aliphatic carbocycles. The first-order valence-electron chi connectivity index (χ1n) is 24.0. The molecule has 31 nitrogen and oxygen atoms in total. The van der Waals surface area contributed by atoms with Gasteiger partial charge in [0, 0.05) is 12.1 Å². The van der Waals surface area contributed by atoms with Crippen LogP contribution in [0.1, 0.15) is 33.6 Å². The van der Waals surface area contributed by atoms with Crippen molar-refractivity contribution in [3.63, 3.8) is 0 Å². The summed E-state index contributed by atoms with van der Waals surface area (Å²) in [5.41, 5.74) is 30.7. The van der Waals surface area contributed by atoms with Crippen LogP contribution in [0.4, 0.5) is 0 Å². The van der Waals surface area contributed by atoms with Crippen molar-refractivity contribution in [1.29, 1.82) is 5.41 Å². The highest BCUT2D eigenvalue weighted by atomic mass is 16.8. The Morgan fingerprint density at radius 1 is 0.836 bits per heavy atom. The van der Waals surface area contributed by atoms with E-state index in [1.165, 1.54) is 14.0 Å².